The molecule has 0 saturated carbocycles. The molecule has 3 heteroatoms. The van der Waals surface area contributed by atoms with E-state index in [0.717, 1.165) is 51.9 Å². The fourth-order valence-corrected chi connectivity index (χ4v) is 5.12. The highest BCUT2D eigenvalue weighted by Crippen LogP contribution is 2.44. The molecule has 3 aliphatic heterocycles. The van der Waals surface area contributed by atoms with Gasteiger partial charge in [0, 0.05) is 31.8 Å². The van der Waals surface area contributed by atoms with E-state index in [1.165, 1.54) is 18.4 Å². The van der Waals surface area contributed by atoms with E-state index in [-0.39, 0.29) is 0 Å². The molecule has 4 rings (SSSR count). The van der Waals surface area contributed by atoms with Crippen LogP contribution < -0.4 is 0 Å². The molecule has 2 bridgehead atoms. The molecule has 0 amide bonds. The summed E-state index contributed by atoms with van der Waals surface area (Å²) in [5.74, 6) is 0.661. The monoisotopic (exact) mass is 315 g/mol. The van der Waals surface area contributed by atoms with Crippen molar-refractivity contribution in [3.8, 4) is 0 Å². The normalized spacial score (nSPS) is 35.5. The molecule has 2 atom stereocenters. The fraction of sp³-hybridized carbons (Fsp3) is 0.700. The summed E-state index contributed by atoms with van der Waals surface area (Å²) in [6.07, 6.45) is 7.70. The number of rotatable bonds is 4. The molecule has 1 aromatic rings. The molecule has 3 aliphatic rings. The van der Waals surface area contributed by atoms with E-state index in [2.05, 4.69) is 35.2 Å². The summed E-state index contributed by atoms with van der Waals surface area (Å²) in [6.45, 7) is 2.81. The standard InChI is InChI=1S/C20H29NO2/c22-20(12-16-8-10-23-11-9-16)13-18-6-7-19(14-20)21(18)15-17-4-2-1-3-5-17/h1-5,16,18-19,22H,6-15H2. The lowest BCUT2D eigenvalue weighted by atomic mass is 9.77. The van der Waals surface area contributed by atoms with Gasteiger partial charge in [0.2, 0.25) is 0 Å². The van der Waals surface area contributed by atoms with Crippen LogP contribution in [0.4, 0.5) is 0 Å². The maximum Gasteiger partial charge on any atom is 0.0680 e. The topological polar surface area (TPSA) is 32.7 Å². The smallest absolute Gasteiger partial charge is 0.0680 e. The van der Waals surface area contributed by atoms with Crippen LogP contribution in [-0.4, -0.2) is 40.9 Å². The third kappa shape index (κ3) is 3.47. The maximum absolute atomic E-state index is 11.2. The summed E-state index contributed by atoms with van der Waals surface area (Å²) in [4.78, 5) is 2.66. The van der Waals surface area contributed by atoms with Crippen molar-refractivity contribution in [1.29, 1.82) is 0 Å². The molecule has 23 heavy (non-hydrogen) atoms. The summed E-state index contributed by atoms with van der Waals surface area (Å²) < 4.78 is 5.47. The average molecular weight is 315 g/mol. The van der Waals surface area contributed by atoms with Gasteiger partial charge in [0.25, 0.3) is 0 Å². The number of piperidine rings is 1. The molecular formula is C20H29NO2. The summed E-state index contributed by atoms with van der Waals surface area (Å²) >= 11 is 0. The van der Waals surface area contributed by atoms with E-state index < -0.39 is 5.60 Å². The van der Waals surface area contributed by atoms with Crippen LogP contribution in [0.2, 0.25) is 0 Å². The minimum Gasteiger partial charge on any atom is -0.390 e. The van der Waals surface area contributed by atoms with Gasteiger partial charge in [-0.05, 0) is 56.4 Å². The predicted octanol–water partition coefficient (Wildman–Crippen LogP) is 3.36. The van der Waals surface area contributed by atoms with Gasteiger partial charge in [-0.2, -0.15) is 0 Å². The lowest BCUT2D eigenvalue weighted by Gasteiger charge is -2.45. The first-order valence-corrected chi connectivity index (χ1v) is 9.32. The summed E-state index contributed by atoms with van der Waals surface area (Å²) in [5.41, 5.74) is 0.973. The average Bonchev–Trinajstić information content (AvgIpc) is 2.81. The van der Waals surface area contributed by atoms with Gasteiger partial charge in [-0.1, -0.05) is 30.3 Å². The van der Waals surface area contributed by atoms with Crippen LogP contribution in [0.3, 0.4) is 0 Å². The Balaban J connectivity index is 1.40. The Morgan fingerprint density at radius 3 is 2.30 bits per heavy atom. The molecule has 2 unspecified atom stereocenters. The molecule has 0 aromatic heterocycles. The number of ether oxygens (including phenoxy) is 1. The van der Waals surface area contributed by atoms with Gasteiger partial charge in [0.15, 0.2) is 0 Å². The Morgan fingerprint density at radius 1 is 1.00 bits per heavy atom. The fourth-order valence-electron chi connectivity index (χ4n) is 5.12. The minimum absolute atomic E-state index is 0.430. The van der Waals surface area contributed by atoms with Crippen LogP contribution in [0.25, 0.3) is 0 Å². The Hall–Kier alpha value is -0.900. The van der Waals surface area contributed by atoms with Crippen molar-refractivity contribution >= 4 is 0 Å². The number of benzene rings is 1. The Labute approximate surface area is 139 Å². The van der Waals surface area contributed by atoms with Crippen molar-refractivity contribution < 1.29 is 9.84 Å². The zero-order valence-electron chi connectivity index (χ0n) is 14.0. The zero-order valence-corrected chi connectivity index (χ0v) is 14.0. The molecule has 126 valence electrons. The highest BCUT2D eigenvalue weighted by atomic mass is 16.5. The highest BCUT2D eigenvalue weighted by molar-refractivity contribution is 5.16. The molecule has 0 radical (unpaired) electrons. The van der Waals surface area contributed by atoms with Crippen LogP contribution in [0.15, 0.2) is 30.3 Å². The van der Waals surface area contributed by atoms with Crippen LogP contribution in [0.5, 0.6) is 0 Å². The van der Waals surface area contributed by atoms with Gasteiger partial charge in [-0.3, -0.25) is 4.90 Å². The lowest BCUT2D eigenvalue weighted by Crippen LogP contribution is -2.51. The van der Waals surface area contributed by atoms with E-state index >= 15 is 0 Å². The van der Waals surface area contributed by atoms with Crippen LogP contribution >= 0.6 is 0 Å². The quantitative estimate of drug-likeness (QED) is 0.925. The van der Waals surface area contributed by atoms with E-state index in [1.54, 1.807) is 0 Å². The first-order chi connectivity index (χ1) is 11.2. The van der Waals surface area contributed by atoms with Crippen LogP contribution in [-0.2, 0) is 11.3 Å². The molecule has 0 spiro atoms. The molecule has 1 aromatic carbocycles. The molecular weight excluding hydrogens is 286 g/mol. The Kier molecular flexibility index (Phi) is 4.44. The number of hydrogen-bond donors (Lipinski definition) is 1. The van der Waals surface area contributed by atoms with Crippen LogP contribution in [0, 0.1) is 5.92 Å². The maximum atomic E-state index is 11.2. The van der Waals surface area contributed by atoms with Gasteiger partial charge >= 0.3 is 0 Å². The highest BCUT2D eigenvalue weighted by Gasteiger charge is 2.47. The van der Waals surface area contributed by atoms with Gasteiger partial charge in [-0.25, -0.2) is 0 Å². The Morgan fingerprint density at radius 2 is 1.65 bits per heavy atom. The van der Waals surface area contributed by atoms with Gasteiger partial charge < -0.3 is 9.84 Å². The van der Waals surface area contributed by atoms with E-state index in [9.17, 15) is 5.11 Å². The van der Waals surface area contributed by atoms with Crippen molar-refractivity contribution in [3.63, 3.8) is 0 Å². The summed E-state index contributed by atoms with van der Waals surface area (Å²) in [5, 5.41) is 11.2. The first-order valence-electron chi connectivity index (χ1n) is 9.32. The number of aliphatic hydroxyl groups is 1. The molecule has 3 saturated heterocycles. The molecule has 3 nitrogen and oxygen atoms in total. The molecule has 3 fully saturated rings. The molecule has 1 N–H and O–H groups in total. The number of fused-ring (bicyclic) bond motifs is 2. The number of nitrogens with zero attached hydrogens (tertiary/aromatic N) is 1. The third-order valence-electron chi connectivity index (χ3n) is 6.22. The van der Waals surface area contributed by atoms with E-state index in [0.29, 0.717) is 18.0 Å². The van der Waals surface area contributed by atoms with E-state index in [4.69, 9.17) is 4.74 Å². The first kappa shape index (κ1) is 15.6. The zero-order chi connectivity index (χ0) is 15.7. The van der Waals surface area contributed by atoms with Gasteiger partial charge in [0.05, 0.1) is 5.60 Å². The SMILES string of the molecule is OC1(CC2CCOCC2)CC2CCC(C1)N2Cc1ccccc1. The predicted molar refractivity (Wildman–Crippen MR) is 91.1 cm³/mol. The Bertz CT molecular complexity index is 498. The molecule has 0 aliphatic carbocycles. The van der Waals surface area contributed by atoms with Gasteiger partial charge in [0.1, 0.15) is 0 Å². The minimum atomic E-state index is -0.430. The summed E-state index contributed by atoms with van der Waals surface area (Å²) in [6, 6.07) is 11.9. The largest absolute Gasteiger partial charge is 0.390 e. The lowest BCUT2D eigenvalue weighted by molar-refractivity contribution is -0.0776. The second kappa shape index (κ2) is 6.54. The molecule has 3 heterocycles. The van der Waals surface area contributed by atoms with Crippen molar-refractivity contribution in [3.05, 3.63) is 35.9 Å². The van der Waals surface area contributed by atoms with Crippen molar-refractivity contribution in [1.82, 2.24) is 4.90 Å². The second-order valence-electron chi connectivity index (χ2n) is 7.94. The van der Waals surface area contributed by atoms with Gasteiger partial charge in [-0.15, -0.1) is 0 Å². The van der Waals surface area contributed by atoms with Crippen molar-refractivity contribution in [2.45, 2.75) is 69.2 Å². The van der Waals surface area contributed by atoms with Crippen molar-refractivity contribution in [2.75, 3.05) is 13.2 Å². The van der Waals surface area contributed by atoms with Crippen LogP contribution in [0.1, 0.15) is 50.5 Å². The summed E-state index contributed by atoms with van der Waals surface area (Å²) in [7, 11) is 0. The third-order valence-corrected chi connectivity index (χ3v) is 6.22. The van der Waals surface area contributed by atoms with E-state index in [1.807, 2.05) is 0 Å². The van der Waals surface area contributed by atoms with Crippen molar-refractivity contribution in [2.24, 2.45) is 5.92 Å². The second-order valence-corrected chi connectivity index (χ2v) is 7.94. The number of hydrogen-bond acceptors (Lipinski definition) is 3.